The van der Waals surface area contributed by atoms with Gasteiger partial charge in [0.1, 0.15) is 11.6 Å². The molecule has 0 fully saturated rings. The third-order valence-electron chi connectivity index (χ3n) is 4.30. The highest BCUT2D eigenvalue weighted by atomic mass is 35.5. The highest BCUT2D eigenvalue weighted by Gasteiger charge is 2.33. The molecular weight excluding hydrogens is 408 g/mol. The summed E-state index contributed by atoms with van der Waals surface area (Å²) < 4.78 is 56.5. The third-order valence-corrected chi connectivity index (χ3v) is 4.52. The van der Waals surface area contributed by atoms with Gasteiger partial charge in [-0.3, -0.25) is 4.98 Å². The lowest BCUT2D eigenvalue weighted by Gasteiger charge is -2.30. The van der Waals surface area contributed by atoms with Gasteiger partial charge in [-0.1, -0.05) is 41.9 Å². The molecule has 1 atom stereocenters. The van der Waals surface area contributed by atoms with Crippen molar-refractivity contribution in [3.05, 3.63) is 94.5 Å². The number of halogens is 5. The van der Waals surface area contributed by atoms with E-state index in [0.717, 1.165) is 11.6 Å². The standard InChI is InChI=1S/C21H17ClF4N2O/c22-16-6-7-19(28-12-16)20(27,11-14-4-2-1-3-5-14)15-8-17(23)10-18(9-15)29-13-21(24,25)26/h1-10,12H,11,13,27H2. The van der Waals surface area contributed by atoms with Crippen molar-refractivity contribution >= 4 is 11.6 Å². The molecule has 0 amide bonds. The second-order valence-corrected chi connectivity index (χ2v) is 7.01. The van der Waals surface area contributed by atoms with Gasteiger partial charge < -0.3 is 10.5 Å². The van der Waals surface area contributed by atoms with Gasteiger partial charge in [-0.25, -0.2) is 4.39 Å². The molecule has 0 saturated heterocycles. The van der Waals surface area contributed by atoms with Crippen molar-refractivity contribution in [2.45, 2.75) is 18.1 Å². The molecule has 2 N–H and O–H groups in total. The SMILES string of the molecule is NC(Cc1ccccc1)(c1cc(F)cc(OCC(F)(F)F)c1)c1ccc(Cl)cn1. The van der Waals surface area contributed by atoms with Crippen molar-refractivity contribution in [2.24, 2.45) is 5.73 Å². The van der Waals surface area contributed by atoms with Gasteiger partial charge >= 0.3 is 6.18 Å². The Morgan fingerprint density at radius 2 is 1.72 bits per heavy atom. The zero-order valence-electron chi connectivity index (χ0n) is 15.1. The molecule has 3 nitrogen and oxygen atoms in total. The number of pyridine rings is 1. The summed E-state index contributed by atoms with van der Waals surface area (Å²) in [7, 11) is 0. The smallest absolute Gasteiger partial charge is 0.422 e. The fourth-order valence-corrected chi connectivity index (χ4v) is 3.08. The Kier molecular flexibility index (Phi) is 6.10. The number of alkyl halides is 3. The first-order valence-corrected chi connectivity index (χ1v) is 8.99. The lowest BCUT2D eigenvalue weighted by molar-refractivity contribution is -0.153. The van der Waals surface area contributed by atoms with Crippen LogP contribution in [-0.4, -0.2) is 17.8 Å². The minimum atomic E-state index is -4.55. The zero-order valence-corrected chi connectivity index (χ0v) is 15.8. The third kappa shape index (κ3) is 5.46. The summed E-state index contributed by atoms with van der Waals surface area (Å²) in [4.78, 5) is 4.27. The van der Waals surface area contributed by atoms with Crippen molar-refractivity contribution in [3.8, 4) is 5.75 Å². The second-order valence-electron chi connectivity index (χ2n) is 6.57. The molecule has 3 aromatic rings. The van der Waals surface area contributed by atoms with Crippen LogP contribution in [-0.2, 0) is 12.0 Å². The van der Waals surface area contributed by atoms with E-state index in [-0.39, 0.29) is 17.7 Å². The maximum absolute atomic E-state index is 14.2. The van der Waals surface area contributed by atoms with Crippen molar-refractivity contribution in [2.75, 3.05) is 6.61 Å². The van der Waals surface area contributed by atoms with Crippen LogP contribution in [0.1, 0.15) is 16.8 Å². The highest BCUT2D eigenvalue weighted by molar-refractivity contribution is 6.30. The van der Waals surface area contributed by atoms with Crippen LogP contribution in [0.5, 0.6) is 5.75 Å². The largest absolute Gasteiger partial charge is 0.484 e. The van der Waals surface area contributed by atoms with Crippen LogP contribution < -0.4 is 10.5 Å². The van der Waals surface area contributed by atoms with E-state index in [4.69, 9.17) is 22.1 Å². The number of rotatable bonds is 6. The summed E-state index contributed by atoms with van der Waals surface area (Å²) in [6.45, 7) is -1.54. The molecule has 8 heteroatoms. The van der Waals surface area contributed by atoms with Crippen molar-refractivity contribution in [1.29, 1.82) is 0 Å². The van der Waals surface area contributed by atoms with Gasteiger partial charge in [0.2, 0.25) is 0 Å². The van der Waals surface area contributed by atoms with E-state index in [1.807, 2.05) is 30.3 Å². The number of nitrogens with two attached hydrogens (primary N) is 1. The number of nitrogens with zero attached hydrogens (tertiary/aromatic N) is 1. The molecule has 1 unspecified atom stereocenters. The van der Waals surface area contributed by atoms with Gasteiger partial charge in [-0.05, 0) is 35.4 Å². The molecule has 2 aromatic carbocycles. The van der Waals surface area contributed by atoms with Crippen molar-refractivity contribution in [1.82, 2.24) is 4.98 Å². The van der Waals surface area contributed by atoms with Gasteiger partial charge in [-0.2, -0.15) is 13.2 Å². The summed E-state index contributed by atoms with van der Waals surface area (Å²) in [5, 5.41) is 0.393. The fraction of sp³-hybridized carbons (Fsp3) is 0.190. The number of aromatic nitrogens is 1. The van der Waals surface area contributed by atoms with Crippen LogP contribution in [0.3, 0.4) is 0 Å². The van der Waals surface area contributed by atoms with E-state index in [1.54, 1.807) is 12.1 Å². The molecule has 3 rings (SSSR count). The predicted octanol–water partition coefficient (Wildman–Crippen LogP) is 5.26. The molecule has 0 saturated carbocycles. The molecule has 0 aliphatic rings. The Labute approximate surface area is 170 Å². The minimum Gasteiger partial charge on any atom is -0.484 e. The first kappa shape index (κ1) is 21.1. The van der Waals surface area contributed by atoms with E-state index in [1.165, 1.54) is 18.3 Å². The molecule has 1 heterocycles. The summed E-state index contributed by atoms with van der Waals surface area (Å²) in [6, 6.07) is 15.7. The summed E-state index contributed by atoms with van der Waals surface area (Å²) in [5.74, 6) is -1.04. The van der Waals surface area contributed by atoms with Crippen molar-refractivity contribution < 1.29 is 22.3 Å². The molecule has 0 spiro atoms. The Balaban J connectivity index is 2.06. The second kappa shape index (κ2) is 8.39. The van der Waals surface area contributed by atoms with Crippen LogP contribution in [0, 0.1) is 5.82 Å². The van der Waals surface area contributed by atoms with Gasteiger partial charge in [-0.15, -0.1) is 0 Å². The fourth-order valence-electron chi connectivity index (χ4n) is 2.97. The molecule has 152 valence electrons. The van der Waals surface area contributed by atoms with Crippen molar-refractivity contribution in [3.63, 3.8) is 0 Å². The number of hydrogen-bond acceptors (Lipinski definition) is 3. The average Bonchev–Trinajstić information content (AvgIpc) is 2.66. The van der Waals surface area contributed by atoms with Crippen LogP contribution >= 0.6 is 11.6 Å². The van der Waals surface area contributed by atoms with Gasteiger partial charge in [0.25, 0.3) is 0 Å². The first-order valence-electron chi connectivity index (χ1n) is 8.61. The first-order chi connectivity index (χ1) is 13.7. The molecule has 0 bridgehead atoms. The lowest BCUT2D eigenvalue weighted by Crippen LogP contribution is -2.41. The highest BCUT2D eigenvalue weighted by Crippen LogP contribution is 2.33. The van der Waals surface area contributed by atoms with Crippen LogP contribution in [0.2, 0.25) is 5.02 Å². The van der Waals surface area contributed by atoms with E-state index < -0.39 is 24.1 Å². The Bertz CT molecular complexity index is 965. The summed E-state index contributed by atoms with van der Waals surface area (Å²) >= 11 is 5.91. The Morgan fingerprint density at radius 1 is 1.00 bits per heavy atom. The van der Waals surface area contributed by atoms with E-state index in [9.17, 15) is 17.6 Å². The summed E-state index contributed by atoms with van der Waals surface area (Å²) in [6.07, 6.45) is -2.91. The molecule has 29 heavy (non-hydrogen) atoms. The van der Waals surface area contributed by atoms with Crippen LogP contribution in [0.4, 0.5) is 17.6 Å². The topological polar surface area (TPSA) is 48.1 Å². The minimum absolute atomic E-state index is 0.227. The van der Waals surface area contributed by atoms with Gasteiger partial charge in [0, 0.05) is 18.7 Å². The average molecular weight is 425 g/mol. The number of benzene rings is 2. The molecule has 0 radical (unpaired) electrons. The van der Waals surface area contributed by atoms with E-state index in [2.05, 4.69) is 4.98 Å². The quantitative estimate of drug-likeness (QED) is 0.549. The number of hydrogen-bond donors (Lipinski definition) is 1. The van der Waals surface area contributed by atoms with Crippen LogP contribution in [0.25, 0.3) is 0 Å². The molecular formula is C21H17ClF4N2O. The monoisotopic (exact) mass is 424 g/mol. The van der Waals surface area contributed by atoms with E-state index in [0.29, 0.717) is 10.7 Å². The van der Waals surface area contributed by atoms with E-state index >= 15 is 0 Å². The zero-order chi connectivity index (χ0) is 21.1. The Morgan fingerprint density at radius 3 is 2.34 bits per heavy atom. The maximum atomic E-state index is 14.2. The maximum Gasteiger partial charge on any atom is 0.422 e. The van der Waals surface area contributed by atoms with Gasteiger partial charge in [0.05, 0.1) is 16.3 Å². The Hall–Kier alpha value is -2.64. The summed E-state index contributed by atoms with van der Waals surface area (Å²) in [5.41, 5.74) is 6.82. The number of ether oxygens (including phenoxy) is 1. The van der Waals surface area contributed by atoms with Gasteiger partial charge in [0.15, 0.2) is 6.61 Å². The predicted molar refractivity (Wildman–Crippen MR) is 102 cm³/mol. The normalized spacial score (nSPS) is 13.7. The molecule has 0 aliphatic heterocycles. The molecule has 0 aliphatic carbocycles. The lowest BCUT2D eigenvalue weighted by atomic mass is 9.81. The molecule has 1 aromatic heterocycles. The van der Waals surface area contributed by atoms with Crippen LogP contribution in [0.15, 0.2) is 66.9 Å².